The minimum Gasteiger partial charge on any atom is -0.396 e. The largest absolute Gasteiger partial charge is 0.472 e. The van der Waals surface area contributed by atoms with Gasteiger partial charge in [0.25, 0.3) is 0 Å². The van der Waals surface area contributed by atoms with E-state index in [1.165, 1.54) is 0 Å². The van der Waals surface area contributed by atoms with Crippen LogP contribution in [0, 0.1) is 5.92 Å². The van der Waals surface area contributed by atoms with E-state index in [9.17, 15) is 9.46 Å². The van der Waals surface area contributed by atoms with Crippen molar-refractivity contribution in [2.45, 2.75) is 39.2 Å². The summed E-state index contributed by atoms with van der Waals surface area (Å²) in [6.45, 7) is 3.84. The average molecular weight is 269 g/mol. The van der Waals surface area contributed by atoms with Crippen LogP contribution >= 0.6 is 7.82 Å². The van der Waals surface area contributed by atoms with Crippen molar-refractivity contribution in [1.82, 2.24) is 0 Å². The molecule has 0 aliphatic rings. The Balaban J connectivity index is 3.92. The highest BCUT2D eigenvalue weighted by Gasteiger charge is 2.24. The fourth-order valence-corrected chi connectivity index (χ4v) is 2.29. The molecule has 0 amide bonds. The molecule has 6 nitrogen and oxygen atoms in total. The lowest BCUT2D eigenvalue weighted by Gasteiger charge is -2.18. The third kappa shape index (κ3) is 9.71. The molecule has 0 heterocycles. The lowest BCUT2D eigenvalue weighted by Crippen LogP contribution is -2.15. The average Bonchev–Trinajstić information content (AvgIpc) is 2.21. The zero-order valence-corrected chi connectivity index (χ0v) is 11.4. The number of phosphoric ester groups is 1. The standard InChI is InChI=1S/C10H24NO5P/c1-9(2)16-17(13,14)15-8-10(7-12)5-3-4-6-11/h9-10,12H,3-8,11H2,1-2H3,(H,13,14). The van der Waals surface area contributed by atoms with E-state index < -0.39 is 7.82 Å². The molecule has 0 rings (SSSR count). The van der Waals surface area contributed by atoms with Gasteiger partial charge in [-0.15, -0.1) is 0 Å². The van der Waals surface area contributed by atoms with Gasteiger partial charge in [0.1, 0.15) is 0 Å². The number of nitrogens with two attached hydrogens (primary N) is 1. The van der Waals surface area contributed by atoms with Gasteiger partial charge < -0.3 is 15.7 Å². The van der Waals surface area contributed by atoms with Crippen molar-refractivity contribution in [3.8, 4) is 0 Å². The molecule has 0 saturated carbocycles. The van der Waals surface area contributed by atoms with Crippen LogP contribution in [0.4, 0.5) is 0 Å². The normalized spacial score (nSPS) is 17.1. The summed E-state index contributed by atoms with van der Waals surface area (Å²) in [7, 11) is -3.99. The van der Waals surface area contributed by atoms with Crippen molar-refractivity contribution in [3.05, 3.63) is 0 Å². The van der Waals surface area contributed by atoms with Crippen LogP contribution in [-0.4, -0.2) is 35.9 Å². The van der Waals surface area contributed by atoms with E-state index in [-0.39, 0.29) is 25.2 Å². The molecule has 0 radical (unpaired) electrons. The van der Waals surface area contributed by atoms with E-state index in [0.717, 1.165) is 19.3 Å². The highest BCUT2D eigenvalue weighted by molar-refractivity contribution is 7.47. The van der Waals surface area contributed by atoms with Gasteiger partial charge in [0.15, 0.2) is 0 Å². The van der Waals surface area contributed by atoms with E-state index in [0.29, 0.717) is 6.54 Å². The van der Waals surface area contributed by atoms with Gasteiger partial charge in [-0.1, -0.05) is 6.42 Å². The van der Waals surface area contributed by atoms with Crippen molar-refractivity contribution in [2.24, 2.45) is 11.7 Å². The van der Waals surface area contributed by atoms with E-state index in [1.807, 2.05) is 0 Å². The van der Waals surface area contributed by atoms with Crippen molar-refractivity contribution in [2.75, 3.05) is 19.8 Å². The minimum atomic E-state index is -3.99. The molecule has 17 heavy (non-hydrogen) atoms. The second-order valence-electron chi connectivity index (χ2n) is 4.25. The van der Waals surface area contributed by atoms with Crippen molar-refractivity contribution in [1.29, 1.82) is 0 Å². The molecule has 0 aliphatic carbocycles. The van der Waals surface area contributed by atoms with Crippen molar-refractivity contribution in [3.63, 3.8) is 0 Å². The SMILES string of the molecule is CC(C)OP(=O)(O)OCC(CO)CCCCN. The third-order valence-corrected chi connectivity index (χ3v) is 3.31. The Bertz CT molecular complexity index is 237. The highest BCUT2D eigenvalue weighted by Crippen LogP contribution is 2.44. The zero-order valence-electron chi connectivity index (χ0n) is 10.5. The summed E-state index contributed by atoms with van der Waals surface area (Å²) < 4.78 is 21.0. The molecular weight excluding hydrogens is 245 g/mol. The topological polar surface area (TPSA) is 102 Å². The van der Waals surface area contributed by atoms with Crippen LogP contribution in [0.3, 0.4) is 0 Å². The minimum absolute atomic E-state index is 0.0154. The molecule has 0 spiro atoms. The maximum Gasteiger partial charge on any atom is 0.472 e. The quantitative estimate of drug-likeness (QED) is 0.407. The molecular formula is C10H24NO5P. The maximum absolute atomic E-state index is 11.4. The van der Waals surface area contributed by atoms with E-state index in [1.54, 1.807) is 13.8 Å². The summed E-state index contributed by atoms with van der Waals surface area (Å²) in [4.78, 5) is 9.31. The Kier molecular flexibility index (Phi) is 9.04. The number of aliphatic hydroxyl groups excluding tert-OH is 1. The molecule has 0 bridgehead atoms. The molecule has 0 aliphatic heterocycles. The first-order chi connectivity index (χ1) is 7.91. The van der Waals surface area contributed by atoms with Gasteiger partial charge in [0.2, 0.25) is 0 Å². The first-order valence-electron chi connectivity index (χ1n) is 5.88. The van der Waals surface area contributed by atoms with Gasteiger partial charge in [-0.2, -0.15) is 0 Å². The summed E-state index contributed by atoms with van der Waals surface area (Å²) in [5.74, 6) is -0.155. The number of hydrogen-bond acceptors (Lipinski definition) is 5. The maximum atomic E-state index is 11.4. The molecule has 104 valence electrons. The van der Waals surface area contributed by atoms with Gasteiger partial charge in [-0.05, 0) is 33.2 Å². The van der Waals surface area contributed by atoms with Crippen LogP contribution < -0.4 is 5.73 Å². The van der Waals surface area contributed by atoms with Crippen LogP contribution in [0.1, 0.15) is 33.1 Å². The van der Waals surface area contributed by atoms with Crippen LogP contribution in [0.5, 0.6) is 0 Å². The van der Waals surface area contributed by atoms with Gasteiger partial charge in [0, 0.05) is 12.5 Å². The Morgan fingerprint density at radius 2 is 2.00 bits per heavy atom. The van der Waals surface area contributed by atoms with E-state index in [2.05, 4.69) is 0 Å². The number of aliphatic hydroxyl groups is 1. The monoisotopic (exact) mass is 269 g/mol. The van der Waals surface area contributed by atoms with Crippen molar-refractivity contribution < 1.29 is 23.6 Å². The van der Waals surface area contributed by atoms with Gasteiger partial charge in [-0.25, -0.2) is 4.57 Å². The molecule has 0 aromatic carbocycles. The summed E-state index contributed by atoms with van der Waals surface area (Å²) in [5, 5.41) is 9.08. The van der Waals surface area contributed by atoms with Gasteiger partial charge >= 0.3 is 7.82 Å². The molecule has 0 fully saturated rings. The smallest absolute Gasteiger partial charge is 0.396 e. The molecule has 4 N–H and O–H groups in total. The van der Waals surface area contributed by atoms with Crippen LogP contribution in [0.2, 0.25) is 0 Å². The molecule has 0 aromatic rings. The Labute approximate surface area is 103 Å². The van der Waals surface area contributed by atoms with Crippen LogP contribution in [-0.2, 0) is 13.6 Å². The van der Waals surface area contributed by atoms with E-state index >= 15 is 0 Å². The molecule has 7 heteroatoms. The highest BCUT2D eigenvalue weighted by atomic mass is 31.2. The van der Waals surface area contributed by atoms with E-state index in [4.69, 9.17) is 19.9 Å². The number of hydrogen-bond donors (Lipinski definition) is 3. The summed E-state index contributed by atoms with van der Waals surface area (Å²) in [6.07, 6.45) is 2.08. The fourth-order valence-electron chi connectivity index (χ4n) is 1.30. The summed E-state index contributed by atoms with van der Waals surface area (Å²) >= 11 is 0. The molecule has 0 aromatic heterocycles. The lowest BCUT2D eigenvalue weighted by molar-refractivity contribution is 0.0890. The second kappa shape index (κ2) is 9.03. The summed E-state index contributed by atoms with van der Waals surface area (Å²) in [5.41, 5.74) is 5.36. The molecule has 2 atom stereocenters. The summed E-state index contributed by atoms with van der Waals surface area (Å²) in [6, 6.07) is 0. The first kappa shape index (κ1) is 17.0. The fraction of sp³-hybridized carbons (Fsp3) is 1.00. The third-order valence-electron chi connectivity index (χ3n) is 2.14. The molecule has 2 unspecified atom stereocenters. The Hall–Kier alpha value is 0.0300. The van der Waals surface area contributed by atoms with Crippen LogP contribution in [0.15, 0.2) is 0 Å². The van der Waals surface area contributed by atoms with Crippen molar-refractivity contribution >= 4 is 7.82 Å². The molecule has 0 saturated heterocycles. The number of rotatable bonds is 10. The Morgan fingerprint density at radius 3 is 2.47 bits per heavy atom. The Morgan fingerprint density at radius 1 is 1.35 bits per heavy atom. The predicted octanol–water partition coefficient (Wildman–Crippen LogP) is 1.27. The van der Waals surface area contributed by atoms with Gasteiger partial charge in [-0.3, -0.25) is 9.05 Å². The van der Waals surface area contributed by atoms with Gasteiger partial charge in [0.05, 0.1) is 12.7 Å². The lowest BCUT2D eigenvalue weighted by atomic mass is 10.0. The second-order valence-corrected chi connectivity index (χ2v) is 5.66. The first-order valence-corrected chi connectivity index (χ1v) is 7.37. The number of unbranched alkanes of at least 4 members (excludes halogenated alkanes) is 1. The number of phosphoric acid groups is 1. The predicted molar refractivity (Wildman–Crippen MR) is 65.5 cm³/mol. The van der Waals surface area contributed by atoms with Crippen LogP contribution in [0.25, 0.3) is 0 Å². The zero-order chi connectivity index (χ0) is 13.3.